The lowest BCUT2D eigenvalue weighted by Gasteiger charge is -2.24. The van der Waals surface area contributed by atoms with E-state index in [9.17, 15) is 4.79 Å². The maximum absolute atomic E-state index is 10.6. The Hall–Kier alpha value is -1.33. The number of rotatable bonds is 4. The Labute approximate surface area is 98.1 Å². The number of aromatic carboxylic acids is 1. The number of aliphatic hydroxyl groups is 1. The average molecular weight is 245 g/mol. The van der Waals surface area contributed by atoms with Crippen molar-refractivity contribution >= 4 is 23.4 Å². The summed E-state index contributed by atoms with van der Waals surface area (Å²) in [6.45, 7) is 3.46. The topological polar surface area (TPSA) is 82.5 Å². The summed E-state index contributed by atoms with van der Waals surface area (Å²) >= 11 is 5.87. The number of halogens is 1. The Morgan fingerprint density at radius 3 is 2.69 bits per heavy atom. The van der Waals surface area contributed by atoms with Gasteiger partial charge in [-0.05, 0) is 19.9 Å². The molecule has 0 spiro atoms. The number of carboxylic acids is 1. The average Bonchev–Trinajstić information content (AvgIpc) is 2.20. The lowest BCUT2D eigenvalue weighted by Crippen LogP contribution is -2.35. The van der Waals surface area contributed by atoms with Gasteiger partial charge in [0.25, 0.3) is 0 Å². The summed E-state index contributed by atoms with van der Waals surface area (Å²) in [5, 5.41) is 20.9. The van der Waals surface area contributed by atoms with Crippen LogP contribution in [-0.2, 0) is 0 Å². The number of hydrogen-bond donors (Lipinski definition) is 3. The highest BCUT2D eigenvalue weighted by atomic mass is 35.5. The van der Waals surface area contributed by atoms with Crippen molar-refractivity contribution in [3.8, 4) is 0 Å². The Morgan fingerprint density at radius 1 is 1.62 bits per heavy atom. The van der Waals surface area contributed by atoms with Crippen LogP contribution < -0.4 is 5.32 Å². The van der Waals surface area contributed by atoms with E-state index >= 15 is 0 Å². The molecule has 0 unspecified atom stereocenters. The number of anilines is 1. The third-order valence-electron chi connectivity index (χ3n) is 1.94. The zero-order valence-electron chi connectivity index (χ0n) is 8.99. The van der Waals surface area contributed by atoms with Gasteiger partial charge in [0, 0.05) is 6.20 Å². The minimum absolute atomic E-state index is 0.0253. The molecule has 0 aliphatic heterocycles. The second-order valence-electron chi connectivity index (χ2n) is 4.03. The van der Waals surface area contributed by atoms with Crippen molar-refractivity contribution in [1.82, 2.24) is 4.98 Å². The highest BCUT2D eigenvalue weighted by Gasteiger charge is 2.18. The van der Waals surface area contributed by atoms with Crippen molar-refractivity contribution in [2.24, 2.45) is 0 Å². The molecule has 0 fully saturated rings. The molecule has 0 radical (unpaired) electrons. The molecular weight excluding hydrogens is 232 g/mol. The van der Waals surface area contributed by atoms with Crippen molar-refractivity contribution in [3.63, 3.8) is 0 Å². The van der Waals surface area contributed by atoms with Gasteiger partial charge in [0.15, 0.2) is 0 Å². The Balaban J connectivity index is 2.96. The van der Waals surface area contributed by atoms with Crippen LogP contribution in [0.4, 0.5) is 5.82 Å². The van der Waals surface area contributed by atoms with E-state index in [4.69, 9.17) is 21.8 Å². The molecule has 5 nitrogen and oxygen atoms in total. The Kier molecular flexibility index (Phi) is 3.72. The number of pyridine rings is 1. The molecule has 0 aromatic carbocycles. The number of carboxylic acid groups (broad SMARTS) is 1. The Morgan fingerprint density at radius 2 is 2.25 bits per heavy atom. The van der Waals surface area contributed by atoms with E-state index in [-0.39, 0.29) is 17.2 Å². The maximum Gasteiger partial charge on any atom is 0.337 e. The molecule has 0 amide bonds. The summed E-state index contributed by atoms with van der Waals surface area (Å²) in [6, 6.07) is 1.31. The van der Waals surface area contributed by atoms with Gasteiger partial charge >= 0.3 is 5.97 Å². The fraction of sp³-hybridized carbons (Fsp3) is 0.400. The van der Waals surface area contributed by atoms with Gasteiger partial charge in [-0.15, -0.1) is 0 Å². The van der Waals surface area contributed by atoms with Crippen molar-refractivity contribution in [2.45, 2.75) is 19.4 Å². The second kappa shape index (κ2) is 4.67. The van der Waals surface area contributed by atoms with E-state index in [0.29, 0.717) is 5.82 Å². The van der Waals surface area contributed by atoms with E-state index in [2.05, 4.69) is 10.3 Å². The minimum atomic E-state index is -1.08. The number of hydrogen-bond acceptors (Lipinski definition) is 4. The predicted molar refractivity (Wildman–Crippen MR) is 61.0 cm³/mol. The van der Waals surface area contributed by atoms with Crippen molar-refractivity contribution < 1.29 is 15.0 Å². The van der Waals surface area contributed by atoms with E-state index in [1.165, 1.54) is 12.3 Å². The van der Waals surface area contributed by atoms with Crippen LogP contribution in [0.5, 0.6) is 0 Å². The van der Waals surface area contributed by atoms with E-state index in [1.54, 1.807) is 13.8 Å². The molecule has 0 aliphatic carbocycles. The zero-order chi connectivity index (χ0) is 12.3. The molecule has 1 aromatic heterocycles. The third kappa shape index (κ3) is 3.08. The van der Waals surface area contributed by atoms with Gasteiger partial charge in [-0.25, -0.2) is 9.78 Å². The molecule has 1 heterocycles. The van der Waals surface area contributed by atoms with Gasteiger partial charge in [0.2, 0.25) is 0 Å². The molecule has 1 rings (SSSR count). The van der Waals surface area contributed by atoms with E-state index < -0.39 is 11.5 Å². The van der Waals surface area contributed by atoms with Crippen LogP contribution >= 0.6 is 11.6 Å². The first-order valence-corrected chi connectivity index (χ1v) is 5.01. The zero-order valence-corrected chi connectivity index (χ0v) is 9.75. The molecule has 88 valence electrons. The summed E-state index contributed by atoms with van der Waals surface area (Å²) in [5.74, 6) is -0.729. The predicted octanol–water partition coefficient (Wildman–Crippen LogP) is 1.62. The first kappa shape index (κ1) is 12.7. The normalized spacial score (nSPS) is 11.2. The molecule has 1 aromatic rings. The number of aliphatic hydroxyl groups excluding tert-OH is 1. The molecular formula is C10H13ClN2O3. The SMILES string of the molecule is CC(C)(CO)Nc1ncc(C(=O)O)cc1Cl. The van der Waals surface area contributed by atoms with E-state index in [0.717, 1.165) is 0 Å². The van der Waals surface area contributed by atoms with Crippen LogP contribution in [0.15, 0.2) is 12.3 Å². The van der Waals surface area contributed by atoms with Crippen LogP contribution in [0.25, 0.3) is 0 Å². The van der Waals surface area contributed by atoms with Crippen LogP contribution in [-0.4, -0.2) is 33.3 Å². The summed E-state index contributed by atoms with van der Waals surface area (Å²) < 4.78 is 0. The summed E-state index contributed by atoms with van der Waals surface area (Å²) in [7, 11) is 0. The highest BCUT2D eigenvalue weighted by Crippen LogP contribution is 2.23. The first-order chi connectivity index (χ1) is 7.35. The highest BCUT2D eigenvalue weighted by molar-refractivity contribution is 6.33. The quantitative estimate of drug-likeness (QED) is 0.750. The van der Waals surface area contributed by atoms with Gasteiger partial charge in [-0.2, -0.15) is 0 Å². The third-order valence-corrected chi connectivity index (χ3v) is 2.23. The van der Waals surface area contributed by atoms with Crippen molar-refractivity contribution in [1.29, 1.82) is 0 Å². The number of aromatic nitrogens is 1. The standard InChI is InChI=1S/C10H13ClN2O3/c1-10(2,5-14)13-8-7(11)3-6(4-12-8)9(15)16/h3-4,14H,5H2,1-2H3,(H,12,13)(H,15,16). The number of carbonyl (C=O) groups is 1. The molecule has 16 heavy (non-hydrogen) atoms. The van der Waals surface area contributed by atoms with Crippen LogP contribution in [0.3, 0.4) is 0 Å². The van der Waals surface area contributed by atoms with Gasteiger partial charge in [-0.1, -0.05) is 11.6 Å². The molecule has 0 saturated heterocycles. The second-order valence-corrected chi connectivity index (χ2v) is 4.43. The summed E-state index contributed by atoms with van der Waals surface area (Å²) in [6.07, 6.45) is 1.21. The van der Waals surface area contributed by atoms with Crippen molar-refractivity contribution in [3.05, 3.63) is 22.8 Å². The maximum atomic E-state index is 10.6. The molecule has 0 aliphatic rings. The molecule has 3 N–H and O–H groups in total. The molecule has 0 saturated carbocycles. The Bertz CT molecular complexity index is 407. The van der Waals surface area contributed by atoms with Crippen LogP contribution in [0.1, 0.15) is 24.2 Å². The first-order valence-electron chi connectivity index (χ1n) is 4.63. The smallest absolute Gasteiger partial charge is 0.337 e. The van der Waals surface area contributed by atoms with Gasteiger partial charge in [0.1, 0.15) is 5.82 Å². The van der Waals surface area contributed by atoms with Gasteiger partial charge in [0.05, 0.1) is 22.7 Å². The molecule has 0 atom stereocenters. The lowest BCUT2D eigenvalue weighted by molar-refractivity contribution is 0.0696. The fourth-order valence-corrected chi connectivity index (χ4v) is 1.22. The van der Waals surface area contributed by atoms with Gasteiger partial charge in [-0.3, -0.25) is 0 Å². The van der Waals surface area contributed by atoms with Crippen LogP contribution in [0.2, 0.25) is 5.02 Å². The molecule has 0 bridgehead atoms. The summed E-state index contributed by atoms with van der Waals surface area (Å²) in [4.78, 5) is 14.5. The van der Waals surface area contributed by atoms with Crippen molar-refractivity contribution in [2.75, 3.05) is 11.9 Å². The number of nitrogens with zero attached hydrogens (tertiary/aromatic N) is 1. The lowest BCUT2D eigenvalue weighted by atomic mass is 10.1. The van der Waals surface area contributed by atoms with E-state index in [1.807, 2.05) is 0 Å². The monoisotopic (exact) mass is 244 g/mol. The van der Waals surface area contributed by atoms with Crippen LogP contribution in [0, 0.1) is 0 Å². The number of nitrogens with one attached hydrogen (secondary N) is 1. The molecule has 6 heteroatoms. The summed E-state index contributed by atoms with van der Waals surface area (Å²) in [5.41, 5.74) is -0.543. The fourth-order valence-electron chi connectivity index (χ4n) is 1.01. The van der Waals surface area contributed by atoms with Gasteiger partial charge < -0.3 is 15.5 Å². The largest absolute Gasteiger partial charge is 0.478 e. The minimum Gasteiger partial charge on any atom is -0.478 e.